The van der Waals surface area contributed by atoms with Gasteiger partial charge < -0.3 is 15.0 Å². The van der Waals surface area contributed by atoms with Crippen LogP contribution in [0.15, 0.2) is 18.2 Å². The second kappa shape index (κ2) is 7.85. The average Bonchev–Trinajstić information content (AvgIpc) is 2.41. The normalized spacial score (nSPS) is 12.1. The molecule has 0 radical (unpaired) electrons. The topological polar surface area (TPSA) is 41.6 Å². The molecule has 4 nitrogen and oxygen atoms in total. The summed E-state index contributed by atoms with van der Waals surface area (Å²) in [4.78, 5) is 13.1. The quantitative estimate of drug-likeness (QED) is 0.779. The van der Waals surface area contributed by atoms with Gasteiger partial charge in [0.05, 0.1) is 0 Å². The molecule has 1 aromatic carbocycles. The molecule has 0 aliphatic heterocycles. The van der Waals surface area contributed by atoms with Gasteiger partial charge >= 0.3 is 0 Å². The van der Waals surface area contributed by atoms with Crippen LogP contribution >= 0.6 is 0 Å². The third-order valence-corrected chi connectivity index (χ3v) is 2.84. The van der Waals surface area contributed by atoms with Crippen LogP contribution in [0, 0.1) is 5.82 Å². The predicted molar refractivity (Wildman–Crippen MR) is 77.2 cm³/mol. The minimum Gasteiger partial charge on any atom is -0.478 e. The van der Waals surface area contributed by atoms with E-state index in [0.29, 0.717) is 6.54 Å². The van der Waals surface area contributed by atoms with Crippen LogP contribution in [0.2, 0.25) is 0 Å². The van der Waals surface area contributed by atoms with Gasteiger partial charge in [0.25, 0.3) is 5.91 Å². The van der Waals surface area contributed by atoms with Crippen LogP contribution in [0.1, 0.15) is 25.8 Å². The first kappa shape index (κ1) is 16.4. The molecule has 0 saturated carbocycles. The highest BCUT2D eigenvalue weighted by atomic mass is 19.1. The van der Waals surface area contributed by atoms with Crippen molar-refractivity contribution in [2.45, 2.75) is 32.9 Å². The van der Waals surface area contributed by atoms with E-state index >= 15 is 0 Å². The zero-order valence-corrected chi connectivity index (χ0v) is 12.6. The van der Waals surface area contributed by atoms with Crippen molar-refractivity contribution < 1.29 is 13.9 Å². The first-order chi connectivity index (χ1) is 9.45. The van der Waals surface area contributed by atoms with E-state index in [0.717, 1.165) is 18.5 Å². The van der Waals surface area contributed by atoms with Gasteiger partial charge in [-0.1, -0.05) is 13.0 Å². The maximum atomic E-state index is 13.9. The number of nitrogens with one attached hydrogen (secondary N) is 1. The number of carbonyl (C=O) groups is 1. The first-order valence-electron chi connectivity index (χ1n) is 6.82. The van der Waals surface area contributed by atoms with Crippen molar-refractivity contribution in [1.29, 1.82) is 0 Å². The Hall–Kier alpha value is -1.62. The van der Waals surface area contributed by atoms with Gasteiger partial charge in [-0.05, 0) is 37.6 Å². The van der Waals surface area contributed by atoms with E-state index in [1.165, 1.54) is 11.0 Å². The van der Waals surface area contributed by atoms with E-state index in [2.05, 4.69) is 12.2 Å². The van der Waals surface area contributed by atoms with Crippen LogP contribution in [0.25, 0.3) is 0 Å². The van der Waals surface area contributed by atoms with Crippen LogP contribution in [-0.4, -0.2) is 37.6 Å². The fourth-order valence-electron chi connectivity index (χ4n) is 1.76. The molecule has 5 heteroatoms. The average molecular weight is 282 g/mol. The zero-order chi connectivity index (χ0) is 15.1. The molecule has 0 fully saturated rings. The lowest BCUT2D eigenvalue weighted by molar-refractivity contribution is -0.135. The van der Waals surface area contributed by atoms with Gasteiger partial charge in [-0.3, -0.25) is 4.79 Å². The number of halogens is 1. The van der Waals surface area contributed by atoms with Crippen molar-refractivity contribution in [2.75, 3.05) is 20.6 Å². The number of likely N-dealkylation sites (N-methyl/N-ethyl adjacent to an activating group) is 1. The number of hydrogen-bond donors (Lipinski definition) is 1. The molecule has 0 aromatic heterocycles. The van der Waals surface area contributed by atoms with E-state index in [1.54, 1.807) is 33.2 Å². The summed E-state index contributed by atoms with van der Waals surface area (Å²) >= 11 is 0. The summed E-state index contributed by atoms with van der Waals surface area (Å²) in [6.45, 7) is 5.21. The lowest BCUT2D eigenvalue weighted by atomic mass is 10.2. The second-order valence-electron chi connectivity index (χ2n) is 4.93. The van der Waals surface area contributed by atoms with Crippen molar-refractivity contribution >= 4 is 5.91 Å². The van der Waals surface area contributed by atoms with Gasteiger partial charge in [0.2, 0.25) is 0 Å². The molecule has 112 valence electrons. The zero-order valence-electron chi connectivity index (χ0n) is 12.6. The molecule has 1 amide bonds. The Morgan fingerprint density at radius 1 is 1.45 bits per heavy atom. The van der Waals surface area contributed by atoms with E-state index in [-0.39, 0.29) is 11.7 Å². The van der Waals surface area contributed by atoms with Crippen LogP contribution in [-0.2, 0) is 11.3 Å². The molecule has 0 bridgehead atoms. The van der Waals surface area contributed by atoms with Gasteiger partial charge in [-0.2, -0.15) is 0 Å². The molecule has 0 aliphatic rings. The molecule has 0 aliphatic carbocycles. The molecular weight excluding hydrogens is 259 g/mol. The van der Waals surface area contributed by atoms with E-state index in [9.17, 15) is 9.18 Å². The summed E-state index contributed by atoms with van der Waals surface area (Å²) in [5.41, 5.74) is 0.856. The maximum absolute atomic E-state index is 13.9. The molecule has 0 saturated heterocycles. The number of rotatable bonds is 7. The van der Waals surface area contributed by atoms with Gasteiger partial charge in [-0.25, -0.2) is 4.39 Å². The Balaban J connectivity index is 2.66. The number of amides is 1. The van der Waals surface area contributed by atoms with Crippen molar-refractivity contribution in [1.82, 2.24) is 10.2 Å². The van der Waals surface area contributed by atoms with Gasteiger partial charge in [0, 0.05) is 20.6 Å². The highest BCUT2D eigenvalue weighted by Crippen LogP contribution is 2.20. The lowest BCUT2D eigenvalue weighted by Crippen LogP contribution is -2.35. The van der Waals surface area contributed by atoms with Crippen LogP contribution in [0.3, 0.4) is 0 Å². The molecule has 0 spiro atoms. The molecule has 1 N–H and O–H groups in total. The van der Waals surface area contributed by atoms with E-state index in [1.807, 2.05) is 0 Å². The Bertz CT molecular complexity index is 449. The summed E-state index contributed by atoms with van der Waals surface area (Å²) in [6, 6.07) is 4.80. The van der Waals surface area contributed by atoms with E-state index in [4.69, 9.17) is 4.74 Å². The van der Waals surface area contributed by atoms with Crippen molar-refractivity contribution in [3.8, 4) is 5.75 Å². The van der Waals surface area contributed by atoms with Gasteiger partial charge in [-0.15, -0.1) is 0 Å². The second-order valence-corrected chi connectivity index (χ2v) is 4.93. The van der Waals surface area contributed by atoms with Gasteiger partial charge in [0.1, 0.15) is 0 Å². The Morgan fingerprint density at radius 3 is 2.70 bits per heavy atom. The summed E-state index contributed by atoms with van der Waals surface area (Å²) in [5, 5.41) is 3.20. The summed E-state index contributed by atoms with van der Waals surface area (Å²) in [7, 11) is 3.28. The molecule has 0 heterocycles. The highest BCUT2D eigenvalue weighted by molar-refractivity contribution is 5.80. The first-order valence-corrected chi connectivity index (χ1v) is 6.82. The lowest BCUT2D eigenvalue weighted by Gasteiger charge is -2.18. The number of hydrogen-bond acceptors (Lipinski definition) is 3. The SMILES string of the molecule is CCCNCc1ccc(OC(C)C(=O)N(C)C)c(F)c1. The third-order valence-electron chi connectivity index (χ3n) is 2.84. The number of benzene rings is 1. The fourth-order valence-corrected chi connectivity index (χ4v) is 1.76. The van der Waals surface area contributed by atoms with E-state index < -0.39 is 11.9 Å². The molecular formula is C15H23FN2O2. The smallest absolute Gasteiger partial charge is 0.262 e. The van der Waals surface area contributed by atoms with Crippen molar-refractivity contribution in [3.63, 3.8) is 0 Å². The molecule has 1 unspecified atom stereocenters. The summed E-state index contributed by atoms with van der Waals surface area (Å²) in [5.74, 6) is -0.538. The van der Waals surface area contributed by atoms with Crippen molar-refractivity contribution in [2.24, 2.45) is 0 Å². The number of carbonyl (C=O) groups excluding carboxylic acids is 1. The van der Waals surface area contributed by atoms with Crippen molar-refractivity contribution in [3.05, 3.63) is 29.6 Å². The number of ether oxygens (including phenoxy) is 1. The number of nitrogens with zero attached hydrogens (tertiary/aromatic N) is 1. The highest BCUT2D eigenvalue weighted by Gasteiger charge is 2.18. The monoisotopic (exact) mass is 282 g/mol. The largest absolute Gasteiger partial charge is 0.478 e. The Labute approximate surface area is 119 Å². The molecule has 1 aromatic rings. The fraction of sp³-hybridized carbons (Fsp3) is 0.533. The standard InChI is InChI=1S/C15H23FN2O2/c1-5-8-17-10-12-6-7-14(13(16)9-12)20-11(2)15(19)18(3)4/h6-7,9,11,17H,5,8,10H2,1-4H3. The summed E-state index contributed by atoms with van der Waals surface area (Å²) in [6.07, 6.45) is 0.331. The molecule has 20 heavy (non-hydrogen) atoms. The Morgan fingerprint density at radius 2 is 2.15 bits per heavy atom. The molecule has 1 rings (SSSR count). The maximum Gasteiger partial charge on any atom is 0.262 e. The summed E-state index contributed by atoms with van der Waals surface area (Å²) < 4.78 is 19.3. The van der Waals surface area contributed by atoms with Crippen LogP contribution < -0.4 is 10.1 Å². The minimum atomic E-state index is -0.705. The minimum absolute atomic E-state index is 0.104. The van der Waals surface area contributed by atoms with Gasteiger partial charge in [0.15, 0.2) is 17.7 Å². The third kappa shape index (κ3) is 4.81. The van der Waals surface area contributed by atoms with Crippen LogP contribution in [0.4, 0.5) is 4.39 Å². The predicted octanol–water partition coefficient (Wildman–Crippen LogP) is 2.18. The molecule has 1 atom stereocenters. The Kier molecular flexibility index (Phi) is 6.45. The van der Waals surface area contributed by atoms with Crippen LogP contribution in [0.5, 0.6) is 5.75 Å².